The first-order valence-electron chi connectivity index (χ1n) is 16.2. The van der Waals surface area contributed by atoms with Crippen molar-refractivity contribution in [3.63, 3.8) is 0 Å². The summed E-state index contributed by atoms with van der Waals surface area (Å²) in [5.74, 6) is -7.78. The van der Waals surface area contributed by atoms with Gasteiger partial charge in [-0.2, -0.15) is 0 Å². The van der Waals surface area contributed by atoms with Crippen LogP contribution in [0.4, 0.5) is 0 Å². The second kappa shape index (κ2) is 10.5. The van der Waals surface area contributed by atoms with E-state index < -0.39 is 138 Å². The van der Waals surface area contributed by atoms with Gasteiger partial charge in [0, 0.05) is 49.5 Å². The number of rotatable bonds is 6. The number of carbonyl (C=O) groups is 4. The van der Waals surface area contributed by atoms with E-state index in [1.165, 1.54) is 32.4 Å². The fraction of sp³-hybridized carbons (Fsp3) is 0.758. The van der Waals surface area contributed by atoms with E-state index in [9.17, 15) is 39.6 Å². The lowest BCUT2D eigenvalue weighted by molar-refractivity contribution is -0.433. The zero-order chi connectivity index (χ0) is 35.7. The van der Waals surface area contributed by atoms with E-state index in [0.29, 0.717) is 5.56 Å². The molecule has 5 bridgehead atoms. The number of carbonyl (C=O) groups excluding carboxylic acids is 4. The number of hydrogen-bond donors (Lipinski definition) is 4. The molecule has 7 rings (SSSR count). The summed E-state index contributed by atoms with van der Waals surface area (Å²) in [7, 11) is 1.16. The molecule has 3 aliphatic carbocycles. The molecule has 1 aromatic heterocycles. The monoisotopic (exact) mass is 694 g/mol. The third kappa shape index (κ3) is 3.93. The van der Waals surface area contributed by atoms with Crippen molar-refractivity contribution >= 4 is 23.9 Å². The van der Waals surface area contributed by atoms with Gasteiger partial charge in [-0.1, -0.05) is 13.8 Å². The van der Waals surface area contributed by atoms with Crippen LogP contribution in [0.2, 0.25) is 0 Å². The first-order chi connectivity index (χ1) is 22.8. The highest BCUT2D eigenvalue weighted by Crippen LogP contribution is 2.80. The van der Waals surface area contributed by atoms with Crippen molar-refractivity contribution in [1.29, 1.82) is 0 Å². The van der Waals surface area contributed by atoms with E-state index in [1.807, 2.05) is 0 Å². The molecular formula is C33H42O16. The molecule has 4 heterocycles. The number of fused-ring (bicyclic) bond motifs is 4. The second-order valence-electron chi connectivity index (χ2n) is 15.2. The summed E-state index contributed by atoms with van der Waals surface area (Å²) in [6, 6.07) is 1.53. The standard InChI is InChI=1S/C33H42O16/c1-15(34)44-14-30-12-31(41)25(39)27(3,18(30)9-20(36)42-6)13-45-29(5)48-32(26(31)40)19-10-21(37)47-23(17-7-8-43-11-17)28(19,4)24(46-16(2)35)22(38)33(30,32)49-29/h7-8,11,18-19,22-26,38-41H,9-10,12-14H2,1-6H3/t18-,19-,22-,23+,24-,25-,26+,27+,28+,29+,30+,31-,32+,33-/m0/s1. The SMILES string of the molecule is COC(=O)C[C@H]1[C@@]2(C)CO[C@]3(C)O[C@]45[C@H](O)[C@](O)(C[C@]1(COC(C)=O)[C@@]4(O3)[C@@H](O)[C@H](OC(C)=O)[C@@]1(C)[C@@H](c3ccoc3)OC(=O)C[C@@H]15)[C@H]2O. The Labute approximate surface area is 280 Å². The van der Waals surface area contributed by atoms with E-state index in [2.05, 4.69) is 0 Å². The summed E-state index contributed by atoms with van der Waals surface area (Å²) in [6.45, 7) is 5.73. The largest absolute Gasteiger partial charge is 0.472 e. The Kier molecular flexibility index (Phi) is 7.33. The Morgan fingerprint density at radius 2 is 1.76 bits per heavy atom. The van der Waals surface area contributed by atoms with Crippen molar-refractivity contribution in [2.24, 2.45) is 28.1 Å². The molecule has 270 valence electrons. The van der Waals surface area contributed by atoms with Crippen LogP contribution in [0, 0.1) is 28.1 Å². The molecule has 1 spiro atoms. The fourth-order valence-corrected chi connectivity index (χ4v) is 11.1. The topological polar surface area (TPSA) is 227 Å². The Morgan fingerprint density at radius 3 is 2.37 bits per heavy atom. The van der Waals surface area contributed by atoms with Crippen LogP contribution in [0.25, 0.3) is 0 Å². The lowest BCUT2D eigenvalue weighted by Crippen LogP contribution is -2.94. The normalized spacial score (nSPS) is 50.7. The molecule has 1 aromatic rings. The highest BCUT2D eigenvalue weighted by atomic mass is 16.9. The zero-order valence-corrected chi connectivity index (χ0v) is 28.0. The van der Waals surface area contributed by atoms with Gasteiger partial charge in [-0.05, 0) is 18.4 Å². The Bertz CT molecular complexity index is 1580. The summed E-state index contributed by atoms with van der Waals surface area (Å²) >= 11 is 0. The van der Waals surface area contributed by atoms with Gasteiger partial charge in [-0.15, -0.1) is 0 Å². The molecule has 6 aliphatic rings. The van der Waals surface area contributed by atoms with Gasteiger partial charge in [-0.3, -0.25) is 19.2 Å². The number of esters is 4. The number of methoxy groups -OCH3 is 1. The van der Waals surface area contributed by atoms with E-state index >= 15 is 0 Å². The van der Waals surface area contributed by atoms with E-state index in [1.54, 1.807) is 6.92 Å². The Balaban J connectivity index is 1.62. The van der Waals surface area contributed by atoms with Crippen LogP contribution in [0.3, 0.4) is 0 Å². The summed E-state index contributed by atoms with van der Waals surface area (Å²) in [5.41, 5.74) is -12.2. The van der Waals surface area contributed by atoms with Gasteiger partial charge in [0.05, 0.1) is 44.2 Å². The van der Waals surface area contributed by atoms with Gasteiger partial charge in [0.1, 0.15) is 47.8 Å². The molecule has 3 saturated heterocycles. The first-order valence-corrected chi connectivity index (χ1v) is 16.2. The molecule has 16 nitrogen and oxygen atoms in total. The Morgan fingerprint density at radius 1 is 1.04 bits per heavy atom. The van der Waals surface area contributed by atoms with Crippen LogP contribution in [0.5, 0.6) is 0 Å². The van der Waals surface area contributed by atoms with E-state index in [-0.39, 0.29) is 0 Å². The number of ether oxygens (including phenoxy) is 7. The van der Waals surface area contributed by atoms with Crippen molar-refractivity contribution in [1.82, 2.24) is 0 Å². The predicted octanol–water partition coefficient (Wildman–Crippen LogP) is 0.0299. The molecular weight excluding hydrogens is 652 g/mol. The molecule has 0 amide bonds. The second-order valence-corrected chi connectivity index (χ2v) is 15.2. The minimum absolute atomic E-state index is 0.325. The maximum atomic E-state index is 13.7. The summed E-state index contributed by atoms with van der Waals surface area (Å²) < 4.78 is 47.9. The first kappa shape index (κ1) is 34.3. The Hall–Kier alpha value is -3.12. The van der Waals surface area contributed by atoms with Crippen molar-refractivity contribution in [2.75, 3.05) is 20.3 Å². The maximum absolute atomic E-state index is 13.7. The highest BCUT2D eigenvalue weighted by molar-refractivity contribution is 5.73. The quantitative estimate of drug-likeness (QED) is 0.228. The highest BCUT2D eigenvalue weighted by Gasteiger charge is 2.95. The molecule has 0 aromatic carbocycles. The lowest BCUT2D eigenvalue weighted by Gasteiger charge is -2.77. The van der Waals surface area contributed by atoms with Gasteiger partial charge < -0.3 is 58.0 Å². The third-order valence-electron chi connectivity index (χ3n) is 12.7. The van der Waals surface area contributed by atoms with Gasteiger partial charge in [0.2, 0.25) is 0 Å². The minimum atomic E-state index is -2.51. The maximum Gasteiger partial charge on any atom is 0.306 e. The number of furan rings is 1. The number of hydrogen-bond acceptors (Lipinski definition) is 16. The smallest absolute Gasteiger partial charge is 0.306 e. The van der Waals surface area contributed by atoms with Crippen molar-refractivity contribution < 1.29 is 77.2 Å². The van der Waals surface area contributed by atoms with Gasteiger partial charge in [-0.25, -0.2) is 0 Å². The van der Waals surface area contributed by atoms with Crippen molar-refractivity contribution in [3.05, 3.63) is 24.2 Å². The summed E-state index contributed by atoms with van der Waals surface area (Å²) in [4.78, 5) is 52.5. The van der Waals surface area contributed by atoms with Gasteiger partial charge in [0.15, 0.2) is 0 Å². The minimum Gasteiger partial charge on any atom is -0.472 e. The van der Waals surface area contributed by atoms with Crippen LogP contribution in [0.15, 0.2) is 23.0 Å². The summed E-state index contributed by atoms with van der Waals surface area (Å²) in [6.07, 6.45) is -7.76. The third-order valence-corrected chi connectivity index (χ3v) is 12.7. The molecule has 6 fully saturated rings. The molecule has 49 heavy (non-hydrogen) atoms. The molecule has 0 unspecified atom stereocenters. The molecule has 3 aliphatic heterocycles. The van der Waals surface area contributed by atoms with Crippen LogP contribution in [-0.4, -0.2) is 112 Å². The van der Waals surface area contributed by atoms with E-state index in [4.69, 9.17) is 37.6 Å². The molecule has 4 N–H and O–H groups in total. The van der Waals surface area contributed by atoms with Crippen LogP contribution < -0.4 is 0 Å². The fourth-order valence-electron chi connectivity index (χ4n) is 11.1. The number of aliphatic hydroxyl groups excluding tert-OH is 3. The average molecular weight is 695 g/mol. The van der Waals surface area contributed by atoms with Crippen LogP contribution in [0.1, 0.15) is 65.5 Å². The van der Waals surface area contributed by atoms with Crippen LogP contribution >= 0.6 is 0 Å². The molecule has 16 heteroatoms. The molecule has 0 radical (unpaired) electrons. The number of aliphatic hydroxyl groups is 4. The van der Waals surface area contributed by atoms with E-state index in [0.717, 1.165) is 21.0 Å². The average Bonchev–Trinajstić information content (AvgIpc) is 3.68. The summed E-state index contributed by atoms with van der Waals surface area (Å²) in [5, 5.41) is 50.9. The van der Waals surface area contributed by atoms with Crippen molar-refractivity contribution in [2.45, 2.75) is 107 Å². The zero-order valence-electron chi connectivity index (χ0n) is 28.0. The van der Waals surface area contributed by atoms with Crippen molar-refractivity contribution in [3.8, 4) is 0 Å². The lowest BCUT2D eigenvalue weighted by atomic mass is 9.31. The number of cyclic esters (lactones) is 1. The molecule has 14 atom stereocenters. The molecule has 3 saturated carbocycles. The van der Waals surface area contributed by atoms with Gasteiger partial charge in [0.25, 0.3) is 5.97 Å². The van der Waals surface area contributed by atoms with Crippen LogP contribution in [-0.2, 0) is 52.3 Å². The van der Waals surface area contributed by atoms with Gasteiger partial charge >= 0.3 is 23.9 Å². The predicted molar refractivity (Wildman–Crippen MR) is 156 cm³/mol.